The van der Waals surface area contributed by atoms with Gasteiger partial charge in [-0.2, -0.15) is 0 Å². The minimum absolute atomic E-state index is 0.0807. The molecule has 1 aromatic rings. The quantitative estimate of drug-likeness (QED) is 0.726. The Bertz CT molecular complexity index is 518. The molecule has 0 amide bonds. The van der Waals surface area contributed by atoms with E-state index in [0.29, 0.717) is 12.0 Å². The lowest BCUT2D eigenvalue weighted by Crippen LogP contribution is -2.20. The Kier molecular flexibility index (Phi) is 3.13. The van der Waals surface area contributed by atoms with Gasteiger partial charge in [0, 0.05) is 6.26 Å². The maximum atomic E-state index is 11.4. The van der Waals surface area contributed by atoms with Crippen LogP contribution in [0.1, 0.15) is 18.3 Å². The first-order valence-electron chi connectivity index (χ1n) is 4.38. The number of hydrogen-bond acceptors (Lipinski definition) is 5. The molecule has 0 atom stereocenters. The van der Waals surface area contributed by atoms with Gasteiger partial charge in [-0.25, -0.2) is 13.4 Å². The van der Waals surface area contributed by atoms with Gasteiger partial charge >= 0.3 is 0 Å². The SMILES string of the molecule is CCc1c(N)nc(CS(C)(=O)=O)[nH]c1=O. The fraction of sp³-hybridized carbons (Fsp3) is 0.500. The molecule has 0 saturated heterocycles. The zero-order valence-corrected chi connectivity index (χ0v) is 9.39. The van der Waals surface area contributed by atoms with Gasteiger partial charge in [0.05, 0.1) is 5.56 Å². The molecule has 3 N–H and O–H groups in total. The minimum atomic E-state index is -3.22. The van der Waals surface area contributed by atoms with E-state index in [4.69, 9.17) is 5.73 Å². The molecule has 0 fully saturated rings. The second kappa shape index (κ2) is 4.01. The average molecular weight is 231 g/mol. The fourth-order valence-corrected chi connectivity index (χ4v) is 1.86. The number of nitrogens with zero attached hydrogens (tertiary/aromatic N) is 1. The molecule has 0 aromatic carbocycles. The standard InChI is InChI=1S/C8H13N3O3S/c1-3-5-7(9)10-6(11-8(5)12)4-15(2,13)14/h3-4H2,1-2H3,(H3,9,10,11,12). The van der Waals surface area contributed by atoms with Crippen LogP contribution >= 0.6 is 0 Å². The zero-order chi connectivity index (χ0) is 11.6. The van der Waals surface area contributed by atoms with E-state index in [1.807, 2.05) is 0 Å². The van der Waals surface area contributed by atoms with Crippen LogP contribution in [0.5, 0.6) is 0 Å². The zero-order valence-electron chi connectivity index (χ0n) is 8.57. The van der Waals surface area contributed by atoms with Crippen LogP contribution in [0.4, 0.5) is 5.82 Å². The smallest absolute Gasteiger partial charge is 0.256 e. The molecule has 0 saturated carbocycles. The van der Waals surface area contributed by atoms with Crippen LogP contribution in [0.15, 0.2) is 4.79 Å². The van der Waals surface area contributed by atoms with Gasteiger partial charge in [0.1, 0.15) is 17.4 Å². The monoisotopic (exact) mass is 231 g/mol. The van der Waals surface area contributed by atoms with Gasteiger partial charge in [-0.15, -0.1) is 0 Å². The highest BCUT2D eigenvalue weighted by molar-refractivity contribution is 7.89. The molecule has 1 heterocycles. The highest BCUT2D eigenvalue weighted by atomic mass is 32.2. The van der Waals surface area contributed by atoms with Crippen molar-refractivity contribution in [2.75, 3.05) is 12.0 Å². The van der Waals surface area contributed by atoms with Crippen LogP contribution in [0.2, 0.25) is 0 Å². The maximum Gasteiger partial charge on any atom is 0.256 e. The van der Waals surface area contributed by atoms with Crippen LogP contribution in [-0.4, -0.2) is 24.6 Å². The van der Waals surface area contributed by atoms with Gasteiger partial charge in [-0.3, -0.25) is 4.79 Å². The van der Waals surface area contributed by atoms with Crippen molar-refractivity contribution in [1.29, 1.82) is 0 Å². The third-order valence-electron chi connectivity index (χ3n) is 1.85. The van der Waals surface area contributed by atoms with Crippen molar-refractivity contribution in [3.05, 3.63) is 21.7 Å². The normalized spacial score (nSPS) is 11.6. The number of aromatic amines is 1. The lowest BCUT2D eigenvalue weighted by Gasteiger charge is -2.03. The van der Waals surface area contributed by atoms with Crippen LogP contribution in [0, 0.1) is 0 Å². The number of H-pyrrole nitrogens is 1. The third-order valence-corrected chi connectivity index (χ3v) is 2.65. The Morgan fingerprint density at radius 1 is 1.47 bits per heavy atom. The van der Waals surface area contributed by atoms with E-state index in [9.17, 15) is 13.2 Å². The van der Waals surface area contributed by atoms with Gasteiger partial charge in [-0.05, 0) is 6.42 Å². The third kappa shape index (κ3) is 3.05. The molecule has 0 bridgehead atoms. The molecular formula is C8H13N3O3S. The Hall–Kier alpha value is -1.37. The molecule has 1 rings (SSSR count). The van der Waals surface area contributed by atoms with Crippen molar-refractivity contribution in [2.24, 2.45) is 0 Å². The van der Waals surface area contributed by atoms with Crippen molar-refractivity contribution >= 4 is 15.7 Å². The highest BCUT2D eigenvalue weighted by Gasteiger charge is 2.11. The number of sulfone groups is 1. The molecule has 0 aliphatic rings. The van der Waals surface area contributed by atoms with Gasteiger partial charge in [0.2, 0.25) is 0 Å². The molecule has 0 spiro atoms. The molecule has 15 heavy (non-hydrogen) atoms. The van der Waals surface area contributed by atoms with E-state index in [0.717, 1.165) is 6.26 Å². The van der Waals surface area contributed by atoms with Crippen LogP contribution in [0.25, 0.3) is 0 Å². The highest BCUT2D eigenvalue weighted by Crippen LogP contribution is 2.05. The summed E-state index contributed by atoms with van der Waals surface area (Å²) in [5.41, 5.74) is 5.54. The van der Waals surface area contributed by atoms with Crippen LogP contribution < -0.4 is 11.3 Å². The summed E-state index contributed by atoms with van der Waals surface area (Å²) < 4.78 is 21.9. The number of nitrogens with one attached hydrogen (secondary N) is 1. The lowest BCUT2D eigenvalue weighted by atomic mass is 10.2. The summed E-state index contributed by atoms with van der Waals surface area (Å²) in [7, 11) is -3.22. The molecule has 7 heteroatoms. The van der Waals surface area contributed by atoms with Gasteiger partial charge in [0.25, 0.3) is 5.56 Å². The number of rotatable bonds is 3. The van der Waals surface area contributed by atoms with E-state index in [1.54, 1.807) is 6.92 Å². The molecule has 0 unspecified atom stereocenters. The summed E-state index contributed by atoms with van der Waals surface area (Å²) in [6.45, 7) is 1.78. The first-order valence-corrected chi connectivity index (χ1v) is 6.44. The molecule has 0 aliphatic heterocycles. The number of nitrogens with two attached hydrogens (primary N) is 1. The molecule has 6 nitrogen and oxygen atoms in total. The molecular weight excluding hydrogens is 218 g/mol. The van der Waals surface area contributed by atoms with Crippen molar-refractivity contribution < 1.29 is 8.42 Å². The number of anilines is 1. The Morgan fingerprint density at radius 2 is 2.07 bits per heavy atom. The second-order valence-corrected chi connectivity index (χ2v) is 5.44. The topological polar surface area (TPSA) is 106 Å². The van der Waals surface area contributed by atoms with Crippen LogP contribution in [0.3, 0.4) is 0 Å². The first kappa shape index (κ1) is 11.7. The summed E-state index contributed by atoms with van der Waals surface area (Å²) in [5, 5.41) is 0. The van der Waals surface area contributed by atoms with Crippen molar-refractivity contribution in [2.45, 2.75) is 19.1 Å². The van der Waals surface area contributed by atoms with Crippen LogP contribution in [-0.2, 0) is 22.0 Å². The van der Waals surface area contributed by atoms with E-state index >= 15 is 0 Å². The summed E-state index contributed by atoms with van der Waals surface area (Å²) in [5.74, 6) is -0.131. The molecule has 1 aromatic heterocycles. The summed E-state index contributed by atoms with van der Waals surface area (Å²) in [4.78, 5) is 17.6. The van der Waals surface area contributed by atoms with Gasteiger partial charge < -0.3 is 10.7 Å². The number of aromatic nitrogens is 2. The van der Waals surface area contributed by atoms with E-state index in [1.165, 1.54) is 0 Å². The first-order chi connectivity index (χ1) is 6.83. The number of hydrogen-bond donors (Lipinski definition) is 2. The molecule has 0 aliphatic carbocycles. The van der Waals surface area contributed by atoms with Gasteiger partial charge in [0.15, 0.2) is 9.84 Å². The fourth-order valence-electron chi connectivity index (χ4n) is 1.22. The Morgan fingerprint density at radius 3 is 2.47 bits per heavy atom. The van der Waals surface area contributed by atoms with Crippen molar-refractivity contribution in [3.8, 4) is 0 Å². The minimum Gasteiger partial charge on any atom is -0.383 e. The van der Waals surface area contributed by atoms with Crippen molar-refractivity contribution in [3.63, 3.8) is 0 Å². The Balaban J connectivity index is 3.21. The summed E-state index contributed by atoms with van der Waals surface area (Å²) in [6, 6.07) is 0. The van der Waals surface area contributed by atoms with E-state index in [-0.39, 0.29) is 23.0 Å². The Labute approximate surface area is 87.5 Å². The summed E-state index contributed by atoms with van der Waals surface area (Å²) >= 11 is 0. The molecule has 0 radical (unpaired) electrons. The lowest BCUT2D eigenvalue weighted by molar-refractivity contribution is 0.599. The van der Waals surface area contributed by atoms with E-state index < -0.39 is 9.84 Å². The van der Waals surface area contributed by atoms with Gasteiger partial charge in [-0.1, -0.05) is 6.92 Å². The second-order valence-electron chi connectivity index (χ2n) is 3.30. The maximum absolute atomic E-state index is 11.4. The van der Waals surface area contributed by atoms with Crippen molar-refractivity contribution in [1.82, 2.24) is 9.97 Å². The largest absolute Gasteiger partial charge is 0.383 e. The molecule has 84 valence electrons. The number of nitrogen functional groups attached to an aromatic ring is 1. The predicted molar refractivity (Wildman–Crippen MR) is 57.2 cm³/mol. The average Bonchev–Trinajstić information content (AvgIpc) is 1.99. The van der Waals surface area contributed by atoms with E-state index in [2.05, 4.69) is 9.97 Å². The summed E-state index contributed by atoms with van der Waals surface area (Å²) in [6.07, 6.45) is 1.53. The predicted octanol–water partition coefficient (Wildman–Crippen LogP) is -0.541.